The SMILES string of the molecule is CC(O)CO.CC=C(C1C=Cc2ccccc21)C1C=Cc2ccccc21. The predicted octanol–water partition coefficient (Wildman–Crippen LogP) is 4.91. The number of fused-ring (bicyclic) bond motifs is 2. The van der Waals surface area contributed by atoms with Crippen LogP contribution >= 0.6 is 0 Å². The summed E-state index contributed by atoms with van der Waals surface area (Å²) in [5.74, 6) is 0.819. The van der Waals surface area contributed by atoms with Crippen LogP contribution in [-0.4, -0.2) is 22.9 Å². The Kier molecular flexibility index (Phi) is 5.87. The van der Waals surface area contributed by atoms with Crippen LogP contribution in [0, 0.1) is 0 Å². The van der Waals surface area contributed by atoms with E-state index in [2.05, 4.69) is 85.8 Å². The molecule has 2 aromatic carbocycles. The number of benzene rings is 2. The molecule has 0 heterocycles. The fourth-order valence-electron chi connectivity index (χ4n) is 3.63. The highest BCUT2D eigenvalue weighted by Crippen LogP contribution is 2.45. The summed E-state index contributed by atoms with van der Waals surface area (Å²) < 4.78 is 0. The van der Waals surface area contributed by atoms with Gasteiger partial charge < -0.3 is 10.2 Å². The van der Waals surface area contributed by atoms with E-state index in [0.717, 1.165) is 0 Å². The monoisotopic (exact) mass is 346 g/mol. The van der Waals surface area contributed by atoms with Crippen LogP contribution in [-0.2, 0) is 0 Å². The highest BCUT2D eigenvalue weighted by molar-refractivity contribution is 5.69. The van der Waals surface area contributed by atoms with Crippen molar-refractivity contribution in [3.63, 3.8) is 0 Å². The molecule has 0 saturated heterocycles. The Labute approximate surface area is 155 Å². The van der Waals surface area contributed by atoms with E-state index in [0.29, 0.717) is 11.8 Å². The van der Waals surface area contributed by atoms with E-state index >= 15 is 0 Å². The molecule has 2 N–H and O–H groups in total. The van der Waals surface area contributed by atoms with Crippen molar-refractivity contribution in [1.29, 1.82) is 0 Å². The first-order valence-corrected chi connectivity index (χ1v) is 9.15. The van der Waals surface area contributed by atoms with E-state index in [4.69, 9.17) is 10.2 Å². The molecule has 0 amide bonds. The van der Waals surface area contributed by atoms with Crippen LogP contribution in [0.15, 0.2) is 72.3 Å². The molecule has 0 radical (unpaired) electrons. The molecule has 26 heavy (non-hydrogen) atoms. The van der Waals surface area contributed by atoms with Gasteiger partial charge in [0.15, 0.2) is 0 Å². The summed E-state index contributed by atoms with van der Waals surface area (Å²) in [5.41, 5.74) is 7.07. The number of allylic oxidation sites excluding steroid dienone is 4. The molecule has 134 valence electrons. The number of aliphatic hydroxyl groups excluding tert-OH is 2. The number of aliphatic hydroxyl groups is 2. The molecule has 2 aromatic rings. The molecule has 3 unspecified atom stereocenters. The smallest absolute Gasteiger partial charge is 0.0742 e. The predicted molar refractivity (Wildman–Crippen MR) is 109 cm³/mol. The van der Waals surface area contributed by atoms with Gasteiger partial charge in [0.1, 0.15) is 0 Å². The lowest BCUT2D eigenvalue weighted by atomic mass is 9.82. The van der Waals surface area contributed by atoms with Gasteiger partial charge in [0, 0.05) is 11.8 Å². The minimum atomic E-state index is -0.560. The van der Waals surface area contributed by atoms with Crippen LogP contribution in [0.4, 0.5) is 0 Å². The number of hydrogen-bond donors (Lipinski definition) is 2. The zero-order valence-corrected chi connectivity index (χ0v) is 15.3. The summed E-state index contributed by atoms with van der Waals surface area (Å²) in [6, 6.07) is 17.4. The first-order valence-electron chi connectivity index (χ1n) is 9.15. The summed E-state index contributed by atoms with van der Waals surface area (Å²) in [7, 11) is 0. The first-order chi connectivity index (χ1) is 12.7. The van der Waals surface area contributed by atoms with Gasteiger partial charge >= 0.3 is 0 Å². The maximum atomic E-state index is 8.11. The third-order valence-electron chi connectivity index (χ3n) is 4.91. The topological polar surface area (TPSA) is 40.5 Å². The van der Waals surface area contributed by atoms with Gasteiger partial charge in [-0.1, -0.05) is 84.5 Å². The molecule has 0 aromatic heterocycles. The summed E-state index contributed by atoms with van der Waals surface area (Å²) >= 11 is 0. The molecule has 0 spiro atoms. The maximum Gasteiger partial charge on any atom is 0.0742 e. The van der Waals surface area contributed by atoms with Crippen LogP contribution in [0.25, 0.3) is 12.2 Å². The van der Waals surface area contributed by atoms with Gasteiger partial charge in [0.2, 0.25) is 0 Å². The Morgan fingerprint density at radius 2 is 1.35 bits per heavy atom. The molecule has 3 atom stereocenters. The molecule has 2 heteroatoms. The standard InChI is InChI=1S/C21H18.C3H8O2/c1-2-17(20-13-11-15-7-3-5-9-18(15)20)21-14-12-16-8-4-6-10-19(16)21;1-3(5)2-4/h2-14,20-21H,1H3;3-5H,2H2,1H3. The normalized spacial score (nSPS) is 20.0. The van der Waals surface area contributed by atoms with Crippen LogP contribution < -0.4 is 0 Å². The lowest BCUT2D eigenvalue weighted by Gasteiger charge is -2.22. The first kappa shape index (κ1) is 18.4. The Bertz CT molecular complexity index is 779. The van der Waals surface area contributed by atoms with E-state index in [-0.39, 0.29) is 6.61 Å². The summed E-state index contributed by atoms with van der Waals surface area (Å²) in [5, 5.41) is 16.0. The molecule has 2 aliphatic carbocycles. The minimum Gasteiger partial charge on any atom is -0.394 e. The van der Waals surface area contributed by atoms with Crippen molar-refractivity contribution < 1.29 is 10.2 Å². The van der Waals surface area contributed by atoms with Crippen LogP contribution in [0.2, 0.25) is 0 Å². The van der Waals surface area contributed by atoms with Crippen LogP contribution in [0.5, 0.6) is 0 Å². The van der Waals surface area contributed by atoms with E-state index < -0.39 is 6.10 Å². The second-order valence-electron chi connectivity index (χ2n) is 6.75. The van der Waals surface area contributed by atoms with E-state index in [9.17, 15) is 0 Å². The molecule has 2 nitrogen and oxygen atoms in total. The highest BCUT2D eigenvalue weighted by Gasteiger charge is 2.28. The fraction of sp³-hybridized carbons (Fsp3) is 0.250. The summed E-state index contributed by atoms with van der Waals surface area (Å²) in [6.45, 7) is 3.55. The van der Waals surface area contributed by atoms with E-state index in [1.54, 1.807) is 0 Å². The lowest BCUT2D eigenvalue weighted by Crippen LogP contribution is -2.06. The Morgan fingerprint density at radius 1 is 0.923 bits per heavy atom. The summed E-state index contributed by atoms with van der Waals surface area (Å²) in [4.78, 5) is 0. The van der Waals surface area contributed by atoms with Crippen molar-refractivity contribution in [1.82, 2.24) is 0 Å². The molecule has 0 bridgehead atoms. The Balaban J connectivity index is 0.000000349. The molecule has 0 aliphatic heterocycles. The Morgan fingerprint density at radius 3 is 1.73 bits per heavy atom. The average molecular weight is 346 g/mol. The number of hydrogen-bond acceptors (Lipinski definition) is 2. The van der Waals surface area contributed by atoms with Crippen molar-refractivity contribution >= 4 is 12.2 Å². The van der Waals surface area contributed by atoms with Gasteiger partial charge in [-0.05, 0) is 36.1 Å². The lowest BCUT2D eigenvalue weighted by molar-refractivity contribution is 0.110. The number of rotatable bonds is 3. The van der Waals surface area contributed by atoms with Crippen molar-refractivity contribution in [2.24, 2.45) is 0 Å². The third kappa shape index (κ3) is 3.72. The van der Waals surface area contributed by atoms with Gasteiger partial charge in [-0.15, -0.1) is 0 Å². The molecule has 0 fully saturated rings. The largest absolute Gasteiger partial charge is 0.394 e. The molecule has 2 aliphatic rings. The molecular formula is C24H26O2. The third-order valence-corrected chi connectivity index (χ3v) is 4.91. The maximum absolute atomic E-state index is 8.11. The van der Waals surface area contributed by atoms with Gasteiger partial charge in [-0.25, -0.2) is 0 Å². The zero-order chi connectivity index (χ0) is 18.5. The van der Waals surface area contributed by atoms with E-state index in [1.165, 1.54) is 34.8 Å². The van der Waals surface area contributed by atoms with Gasteiger partial charge in [0.25, 0.3) is 0 Å². The van der Waals surface area contributed by atoms with Crippen LogP contribution in [0.3, 0.4) is 0 Å². The summed E-state index contributed by atoms with van der Waals surface area (Å²) in [6.07, 6.45) is 10.9. The zero-order valence-electron chi connectivity index (χ0n) is 15.3. The average Bonchev–Trinajstić information content (AvgIpc) is 3.28. The van der Waals surface area contributed by atoms with Crippen molar-refractivity contribution in [2.75, 3.05) is 6.61 Å². The quantitative estimate of drug-likeness (QED) is 0.775. The van der Waals surface area contributed by atoms with Gasteiger partial charge in [-0.2, -0.15) is 0 Å². The highest BCUT2D eigenvalue weighted by atomic mass is 16.3. The van der Waals surface area contributed by atoms with Gasteiger partial charge in [-0.3, -0.25) is 0 Å². The second kappa shape index (κ2) is 8.31. The van der Waals surface area contributed by atoms with Gasteiger partial charge in [0.05, 0.1) is 12.7 Å². The molecule has 4 rings (SSSR count). The molecule has 0 saturated carbocycles. The van der Waals surface area contributed by atoms with Crippen LogP contribution in [0.1, 0.15) is 47.9 Å². The molecular weight excluding hydrogens is 320 g/mol. The fourth-order valence-corrected chi connectivity index (χ4v) is 3.63. The minimum absolute atomic E-state index is 0.139. The van der Waals surface area contributed by atoms with Crippen molar-refractivity contribution in [2.45, 2.75) is 31.8 Å². The Hall–Kier alpha value is -2.42. The van der Waals surface area contributed by atoms with Crippen molar-refractivity contribution in [3.8, 4) is 0 Å². The van der Waals surface area contributed by atoms with E-state index in [1.807, 2.05) is 0 Å². The van der Waals surface area contributed by atoms with Crippen molar-refractivity contribution in [3.05, 3.63) is 94.6 Å². The second-order valence-corrected chi connectivity index (χ2v) is 6.75.